The maximum Gasteiger partial charge on any atom is 0.332 e. The Bertz CT molecular complexity index is 1340. The molecule has 1 aliphatic heterocycles. The van der Waals surface area contributed by atoms with Crippen LogP contribution in [0.2, 0.25) is 0 Å². The van der Waals surface area contributed by atoms with Gasteiger partial charge in [0.2, 0.25) is 0 Å². The van der Waals surface area contributed by atoms with Crippen molar-refractivity contribution in [3.8, 4) is 17.2 Å². The number of hydrogen-bond acceptors (Lipinski definition) is 7. The Labute approximate surface area is 211 Å². The van der Waals surface area contributed by atoms with E-state index in [1.54, 1.807) is 55.0 Å². The van der Waals surface area contributed by atoms with Gasteiger partial charge in [-0.15, -0.1) is 11.3 Å². The number of pyridine rings is 1. The van der Waals surface area contributed by atoms with Gasteiger partial charge in [0.05, 0.1) is 17.3 Å². The molecule has 9 heteroatoms. The van der Waals surface area contributed by atoms with E-state index in [-0.39, 0.29) is 0 Å². The molecule has 1 saturated heterocycles. The molecule has 0 unspecified atom stereocenters. The van der Waals surface area contributed by atoms with E-state index in [0.717, 1.165) is 11.1 Å². The largest absolute Gasteiger partial charge is 0.460 e. The molecule has 36 heavy (non-hydrogen) atoms. The summed E-state index contributed by atoms with van der Waals surface area (Å²) >= 11 is 1.25. The van der Waals surface area contributed by atoms with Gasteiger partial charge in [0.25, 0.3) is 5.92 Å². The lowest BCUT2D eigenvalue weighted by atomic mass is 9.60. The Morgan fingerprint density at radius 3 is 2.72 bits per heavy atom. The first-order valence-electron chi connectivity index (χ1n) is 11.7. The van der Waals surface area contributed by atoms with Crippen LogP contribution < -0.4 is 5.32 Å². The number of halogens is 2. The zero-order valence-corrected chi connectivity index (χ0v) is 20.5. The van der Waals surface area contributed by atoms with Crippen molar-refractivity contribution >= 4 is 28.5 Å². The van der Waals surface area contributed by atoms with Crippen LogP contribution in [0.4, 0.5) is 13.9 Å². The molecule has 3 heterocycles. The van der Waals surface area contributed by atoms with Gasteiger partial charge in [0.15, 0.2) is 10.7 Å². The number of carbonyl (C=O) groups excluding carboxylic acids is 1. The quantitative estimate of drug-likeness (QED) is 0.441. The van der Waals surface area contributed by atoms with E-state index in [2.05, 4.69) is 21.4 Å². The zero-order valence-electron chi connectivity index (χ0n) is 19.7. The molecular weight excluding hydrogens is 482 g/mol. The summed E-state index contributed by atoms with van der Waals surface area (Å²) in [5.41, 5.74) is 1.13. The highest BCUT2D eigenvalue weighted by molar-refractivity contribution is 7.13. The van der Waals surface area contributed by atoms with Gasteiger partial charge in [-0.25, -0.2) is 18.6 Å². The van der Waals surface area contributed by atoms with E-state index in [0.29, 0.717) is 16.4 Å². The van der Waals surface area contributed by atoms with Crippen molar-refractivity contribution in [1.82, 2.24) is 9.97 Å². The topological polar surface area (TPSA) is 87.9 Å². The fraction of sp³-hybridized carbons (Fsp3) is 0.333. The van der Waals surface area contributed by atoms with Crippen LogP contribution in [0, 0.1) is 29.1 Å². The van der Waals surface area contributed by atoms with Crippen LogP contribution in [-0.2, 0) is 9.53 Å². The number of hydrogen-bond donors (Lipinski definition) is 1. The number of ether oxygens (including phenoxy) is 1. The highest BCUT2D eigenvalue weighted by Gasteiger charge is 2.68. The van der Waals surface area contributed by atoms with Gasteiger partial charge in [-0.1, -0.05) is 37.3 Å². The Morgan fingerprint density at radius 2 is 2.03 bits per heavy atom. The lowest BCUT2D eigenvalue weighted by molar-refractivity contribution is -0.153. The number of esters is 1. The minimum absolute atomic E-state index is 0.411. The fourth-order valence-corrected chi connectivity index (χ4v) is 6.10. The monoisotopic (exact) mass is 506 g/mol. The summed E-state index contributed by atoms with van der Waals surface area (Å²) in [4.78, 5) is 21.6. The van der Waals surface area contributed by atoms with E-state index in [1.165, 1.54) is 18.3 Å². The number of thiazole rings is 1. The van der Waals surface area contributed by atoms with Gasteiger partial charge in [0.1, 0.15) is 6.10 Å². The molecule has 3 aromatic rings. The van der Waals surface area contributed by atoms with E-state index < -0.39 is 47.7 Å². The highest BCUT2D eigenvalue weighted by atomic mass is 32.1. The zero-order chi connectivity index (χ0) is 25.5. The summed E-state index contributed by atoms with van der Waals surface area (Å²) < 4.78 is 36.3. The smallest absolute Gasteiger partial charge is 0.332 e. The third-order valence-corrected chi connectivity index (χ3v) is 7.99. The number of fused-ring (bicyclic) bond motifs is 1. The molecule has 1 saturated carbocycles. The molecule has 0 bridgehead atoms. The third-order valence-electron chi connectivity index (χ3n) is 7.30. The molecule has 1 aromatic carbocycles. The summed E-state index contributed by atoms with van der Waals surface area (Å²) in [7, 11) is 0. The van der Waals surface area contributed by atoms with Crippen molar-refractivity contribution in [3.05, 3.63) is 71.5 Å². The maximum absolute atomic E-state index is 15.4. The van der Waals surface area contributed by atoms with Crippen LogP contribution in [-0.4, -0.2) is 33.5 Å². The summed E-state index contributed by atoms with van der Waals surface area (Å²) in [5.74, 6) is -5.94. The summed E-state index contributed by atoms with van der Waals surface area (Å²) in [6, 6.07) is 13.1. The first-order chi connectivity index (χ1) is 17.2. The van der Waals surface area contributed by atoms with E-state index in [1.807, 2.05) is 18.2 Å². The molecule has 2 aliphatic rings. The van der Waals surface area contributed by atoms with Gasteiger partial charge < -0.3 is 10.1 Å². The molecule has 2 fully saturated rings. The number of anilines is 1. The average Bonchev–Trinajstić information content (AvgIpc) is 3.45. The van der Waals surface area contributed by atoms with Gasteiger partial charge in [0, 0.05) is 47.2 Å². The summed E-state index contributed by atoms with van der Waals surface area (Å²) in [6.45, 7) is 3.28. The second-order valence-electron chi connectivity index (χ2n) is 9.36. The van der Waals surface area contributed by atoms with Crippen molar-refractivity contribution in [2.24, 2.45) is 17.8 Å². The second-order valence-corrected chi connectivity index (χ2v) is 10.3. The number of cyclic esters (lactones) is 1. The van der Waals surface area contributed by atoms with Crippen molar-refractivity contribution < 1.29 is 18.3 Å². The number of aromatic nitrogens is 2. The minimum Gasteiger partial charge on any atom is -0.460 e. The van der Waals surface area contributed by atoms with Crippen LogP contribution in [0.1, 0.15) is 31.5 Å². The van der Waals surface area contributed by atoms with Crippen molar-refractivity contribution in [2.75, 3.05) is 5.32 Å². The van der Waals surface area contributed by atoms with E-state index >= 15 is 8.78 Å². The van der Waals surface area contributed by atoms with Gasteiger partial charge in [-0.05, 0) is 31.1 Å². The molecule has 2 aromatic heterocycles. The molecule has 1 aliphatic carbocycles. The lowest BCUT2D eigenvalue weighted by Crippen LogP contribution is -2.61. The Hall–Kier alpha value is -3.64. The highest BCUT2D eigenvalue weighted by Crippen LogP contribution is 2.56. The van der Waals surface area contributed by atoms with Crippen molar-refractivity contribution in [3.63, 3.8) is 0 Å². The van der Waals surface area contributed by atoms with E-state index in [4.69, 9.17) is 4.74 Å². The number of nitriles is 1. The Kier molecular flexibility index (Phi) is 6.08. The lowest BCUT2D eigenvalue weighted by Gasteiger charge is -2.47. The third kappa shape index (κ3) is 4.05. The molecule has 5 rings (SSSR count). The number of benzene rings is 1. The van der Waals surface area contributed by atoms with Crippen LogP contribution in [0.15, 0.2) is 60.2 Å². The van der Waals surface area contributed by atoms with Gasteiger partial charge in [-0.2, -0.15) is 5.26 Å². The number of nitrogens with zero attached hydrogens (tertiary/aromatic N) is 3. The molecule has 0 spiro atoms. The van der Waals surface area contributed by atoms with Crippen LogP contribution in [0.5, 0.6) is 0 Å². The molecule has 0 amide bonds. The number of nitrogens with one attached hydrogen (secondary N) is 1. The van der Waals surface area contributed by atoms with Crippen molar-refractivity contribution in [2.45, 2.75) is 37.8 Å². The number of carbonyl (C=O) groups is 1. The SMILES string of the molecule is C[C@H]1OC(=O)[C@]2(Nc3nccs3)CC(F)(F)[C@@H](C)[C@H](/C=C/c3ccc(-c4ccccc4C#N)cn3)[C@H]12. The second kappa shape index (κ2) is 9.10. The first-order valence-corrected chi connectivity index (χ1v) is 12.5. The summed E-state index contributed by atoms with van der Waals surface area (Å²) in [6.07, 6.45) is 5.47. The molecule has 184 valence electrons. The molecule has 5 atom stereocenters. The number of alkyl halides is 2. The standard InChI is InChI=1S/C27H24F2N4O2S/c1-16-21(10-9-20-8-7-19(14-32-20)22-6-4-3-5-18(22)13-30)23-17(2)35-24(34)26(23,15-27(16,28)29)33-25-31-11-12-36-25/h3-12,14,16-17,21,23H,15H2,1-2H3,(H,31,33)/b10-9+/t16-,17+,21-,23-,26-/m0/s1. The number of rotatable bonds is 5. The van der Waals surface area contributed by atoms with Crippen molar-refractivity contribution in [1.29, 1.82) is 5.26 Å². The Balaban J connectivity index is 1.47. The van der Waals surface area contributed by atoms with Gasteiger partial charge in [-0.3, -0.25) is 4.98 Å². The normalized spacial score (nSPS) is 28.9. The minimum atomic E-state index is -3.10. The predicted molar refractivity (Wildman–Crippen MR) is 133 cm³/mol. The average molecular weight is 507 g/mol. The van der Waals surface area contributed by atoms with Crippen LogP contribution >= 0.6 is 11.3 Å². The first kappa shape index (κ1) is 24.1. The summed E-state index contributed by atoms with van der Waals surface area (Å²) in [5, 5.41) is 14.5. The fourth-order valence-electron chi connectivity index (χ4n) is 5.49. The molecule has 0 radical (unpaired) electrons. The predicted octanol–water partition coefficient (Wildman–Crippen LogP) is 5.79. The molecule has 1 N–H and O–H groups in total. The van der Waals surface area contributed by atoms with Crippen LogP contribution in [0.25, 0.3) is 17.2 Å². The van der Waals surface area contributed by atoms with Gasteiger partial charge >= 0.3 is 5.97 Å². The van der Waals surface area contributed by atoms with E-state index in [9.17, 15) is 10.1 Å². The molecular formula is C27H24F2N4O2S. The maximum atomic E-state index is 15.4. The Morgan fingerprint density at radius 1 is 1.22 bits per heavy atom. The molecule has 6 nitrogen and oxygen atoms in total. The van der Waals surface area contributed by atoms with Crippen LogP contribution in [0.3, 0.4) is 0 Å². The number of allylic oxidation sites excluding steroid dienone is 1.